The van der Waals surface area contributed by atoms with Crippen LogP contribution < -0.4 is 9.47 Å². The number of hydrogen-bond acceptors (Lipinski definition) is 10. The Morgan fingerprint density at radius 1 is 0.557 bits per heavy atom. The molecule has 3 aromatic carbocycles. The fourth-order valence-electron chi connectivity index (χ4n) is 8.15. The number of ether oxygens (including phenoxy) is 3. The number of sulfone groups is 2. The van der Waals surface area contributed by atoms with Crippen molar-refractivity contribution in [2.75, 3.05) is 11.5 Å². The highest BCUT2D eigenvalue weighted by atomic mass is 32.2. The smallest absolute Gasteiger partial charge is 0.343 e. The summed E-state index contributed by atoms with van der Waals surface area (Å²) in [6.07, 6.45) is 22.5. The van der Waals surface area contributed by atoms with Gasteiger partial charge in [-0.15, -0.1) is 0 Å². The molecule has 0 amide bonds. The lowest BCUT2D eigenvalue weighted by Gasteiger charge is -2.18. The second kappa shape index (κ2) is 23.8. The van der Waals surface area contributed by atoms with Gasteiger partial charge in [0.2, 0.25) is 0 Å². The number of carbonyl (C=O) groups is 3. The second-order valence-electron chi connectivity index (χ2n) is 16.7. The van der Waals surface area contributed by atoms with Crippen molar-refractivity contribution in [1.82, 2.24) is 0 Å². The maximum absolute atomic E-state index is 13.4. The maximum Gasteiger partial charge on any atom is 0.343 e. The lowest BCUT2D eigenvalue weighted by molar-refractivity contribution is -0.150. The highest BCUT2D eigenvalue weighted by molar-refractivity contribution is 7.91. The molecule has 2 aliphatic carbocycles. The maximum atomic E-state index is 13.4. The standard InChI is InChI=1S/C49H64O10S2/c1-3-5-7-9-11-13-15-17-31-60(53,54)43-26-21-38(22-27-43)47(50)58-42-25-30-46(41(35-42)36-57-49(52)45-34-37-19-20-40(45)33-37)59-48(51)39-23-28-44(29-24-39)61(55,56)32-18-16-14-12-10-8-6-4-2/h19-30,35,37,40,45H,3-18,31-34,36H2,1-2H3. The van der Waals surface area contributed by atoms with Crippen molar-refractivity contribution >= 4 is 37.6 Å². The normalized spacial score (nSPS) is 17.0. The third kappa shape index (κ3) is 14.7. The molecule has 2 aliphatic rings. The summed E-state index contributed by atoms with van der Waals surface area (Å²) in [7, 11) is -7.03. The number of unbranched alkanes of at least 4 members (excludes halogenated alkanes) is 14. The number of benzene rings is 3. The van der Waals surface area contributed by atoms with Crippen LogP contribution in [-0.4, -0.2) is 46.2 Å². The van der Waals surface area contributed by atoms with Crippen LogP contribution in [0, 0.1) is 17.8 Å². The predicted octanol–water partition coefficient (Wildman–Crippen LogP) is 11.2. The van der Waals surface area contributed by atoms with Crippen molar-refractivity contribution in [2.45, 2.75) is 146 Å². The van der Waals surface area contributed by atoms with E-state index in [0.29, 0.717) is 25.2 Å². The van der Waals surface area contributed by atoms with E-state index in [1.807, 2.05) is 0 Å². The first-order chi connectivity index (χ1) is 29.4. The lowest BCUT2D eigenvalue weighted by atomic mass is 9.94. The summed E-state index contributed by atoms with van der Waals surface area (Å²) in [4.78, 5) is 40.0. The monoisotopic (exact) mass is 876 g/mol. The van der Waals surface area contributed by atoms with E-state index >= 15 is 0 Å². The average molecular weight is 877 g/mol. The van der Waals surface area contributed by atoms with Crippen LogP contribution in [0.1, 0.15) is 156 Å². The molecule has 2 bridgehead atoms. The van der Waals surface area contributed by atoms with Gasteiger partial charge in [0.1, 0.15) is 18.1 Å². The zero-order valence-electron chi connectivity index (χ0n) is 36.0. The fourth-order valence-corrected chi connectivity index (χ4v) is 10.9. The molecule has 332 valence electrons. The summed E-state index contributed by atoms with van der Waals surface area (Å²) in [5.41, 5.74) is 0.543. The van der Waals surface area contributed by atoms with E-state index in [-0.39, 0.29) is 73.9 Å². The first kappa shape index (κ1) is 47.8. The molecule has 5 rings (SSSR count). The summed E-state index contributed by atoms with van der Waals surface area (Å²) >= 11 is 0. The van der Waals surface area contributed by atoms with Gasteiger partial charge in [-0.2, -0.15) is 0 Å². The molecule has 3 atom stereocenters. The van der Waals surface area contributed by atoms with Crippen LogP contribution in [0.3, 0.4) is 0 Å². The van der Waals surface area contributed by atoms with Crippen LogP contribution in [0.25, 0.3) is 0 Å². The van der Waals surface area contributed by atoms with Crippen molar-refractivity contribution < 1.29 is 45.4 Å². The van der Waals surface area contributed by atoms with E-state index in [1.54, 1.807) is 0 Å². The Kier molecular flexibility index (Phi) is 18.6. The van der Waals surface area contributed by atoms with E-state index in [1.165, 1.54) is 118 Å². The van der Waals surface area contributed by atoms with E-state index in [0.717, 1.165) is 44.9 Å². The third-order valence-electron chi connectivity index (χ3n) is 11.8. The Bertz CT molecular complexity index is 2140. The van der Waals surface area contributed by atoms with Gasteiger partial charge in [-0.25, -0.2) is 26.4 Å². The molecular formula is C49H64O10S2. The van der Waals surface area contributed by atoms with E-state index < -0.39 is 31.6 Å². The zero-order valence-corrected chi connectivity index (χ0v) is 37.6. The van der Waals surface area contributed by atoms with Crippen LogP contribution in [0.5, 0.6) is 11.5 Å². The molecule has 0 radical (unpaired) electrons. The van der Waals surface area contributed by atoms with Gasteiger partial charge in [0.15, 0.2) is 19.7 Å². The minimum atomic E-state index is -3.52. The van der Waals surface area contributed by atoms with Gasteiger partial charge in [0.05, 0.1) is 38.3 Å². The molecule has 3 aromatic rings. The molecule has 12 heteroatoms. The zero-order chi connectivity index (χ0) is 43.7. The predicted molar refractivity (Wildman–Crippen MR) is 237 cm³/mol. The number of carbonyl (C=O) groups excluding carboxylic acids is 3. The third-order valence-corrected chi connectivity index (χ3v) is 15.5. The van der Waals surface area contributed by atoms with Gasteiger partial charge in [-0.05, 0) is 104 Å². The second-order valence-corrected chi connectivity index (χ2v) is 20.9. The number of rotatable bonds is 27. The molecule has 0 aromatic heterocycles. The molecule has 0 heterocycles. The van der Waals surface area contributed by atoms with Crippen molar-refractivity contribution in [1.29, 1.82) is 0 Å². The molecule has 61 heavy (non-hydrogen) atoms. The van der Waals surface area contributed by atoms with Crippen molar-refractivity contribution in [3.05, 3.63) is 95.6 Å². The Morgan fingerprint density at radius 3 is 1.49 bits per heavy atom. The van der Waals surface area contributed by atoms with E-state index in [9.17, 15) is 31.2 Å². The van der Waals surface area contributed by atoms with Crippen molar-refractivity contribution in [3.8, 4) is 11.5 Å². The minimum Gasteiger partial charge on any atom is -0.460 e. The Hall–Kier alpha value is -4.29. The summed E-state index contributed by atoms with van der Waals surface area (Å²) in [5, 5.41) is 0. The summed E-state index contributed by atoms with van der Waals surface area (Å²) in [5.74, 6) is -1.38. The Morgan fingerprint density at radius 2 is 1.03 bits per heavy atom. The number of fused-ring (bicyclic) bond motifs is 2. The van der Waals surface area contributed by atoms with Crippen LogP contribution >= 0.6 is 0 Å². The van der Waals surface area contributed by atoms with Gasteiger partial charge in [0.25, 0.3) is 0 Å². The van der Waals surface area contributed by atoms with Crippen LogP contribution in [0.4, 0.5) is 0 Å². The molecule has 1 saturated carbocycles. The van der Waals surface area contributed by atoms with E-state index in [2.05, 4.69) is 26.0 Å². The minimum absolute atomic E-state index is 0.0376. The number of allylic oxidation sites excluding steroid dienone is 2. The fraction of sp³-hybridized carbons (Fsp3) is 0.531. The molecule has 1 fully saturated rings. The van der Waals surface area contributed by atoms with Crippen LogP contribution in [0.2, 0.25) is 0 Å². The highest BCUT2D eigenvalue weighted by Crippen LogP contribution is 2.44. The summed E-state index contributed by atoms with van der Waals surface area (Å²) in [6.45, 7) is 4.10. The van der Waals surface area contributed by atoms with Gasteiger partial charge in [-0.3, -0.25) is 4.79 Å². The quantitative estimate of drug-likeness (QED) is 0.0314. The first-order valence-corrected chi connectivity index (χ1v) is 25.8. The lowest BCUT2D eigenvalue weighted by Crippen LogP contribution is -2.21. The molecule has 0 aliphatic heterocycles. The molecule has 0 spiro atoms. The van der Waals surface area contributed by atoms with Gasteiger partial charge in [0, 0.05) is 5.56 Å². The topological polar surface area (TPSA) is 147 Å². The van der Waals surface area contributed by atoms with Crippen LogP contribution in [0.15, 0.2) is 88.7 Å². The number of esters is 3. The highest BCUT2D eigenvalue weighted by Gasteiger charge is 2.40. The SMILES string of the molecule is CCCCCCCCCCS(=O)(=O)c1ccc(C(=O)Oc2ccc(OC(=O)c3ccc(S(=O)(=O)CCCCCCCCCC)cc3)c(COC(=O)C3CC4C=CC3C4)c2)cc1. The van der Waals surface area contributed by atoms with Gasteiger partial charge in [-0.1, -0.05) is 116 Å². The molecule has 0 N–H and O–H groups in total. The molecule has 3 unspecified atom stereocenters. The largest absolute Gasteiger partial charge is 0.460 e. The Balaban J connectivity index is 1.20. The summed E-state index contributed by atoms with van der Waals surface area (Å²) < 4.78 is 69.1. The average Bonchev–Trinajstić information content (AvgIpc) is 3.90. The van der Waals surface area contributed by atoms with Crippen molar-refractivity contribution in [3.63, 3.8) is 0 Å². The molecule has 10 nitrogen and oxygen atoms in total. The van der Waals surface area contributed by atoms with E-state index in [4.69, 9.17) is 14.2 Å². The van der Waals surface area contributed by atoms with Gasteiger partial charge < -0.3 is 14.2 Å². The summed E-state index contributed by atoms with van der Waals surface area (Å²) in [6, 6.07) is 15.6. The Labute approximate surface area is 363 Å². The van der Waals surface area contributed by atoms with Gasteiger partial charge >= 0.3 is 17.9 Å². The molecular weight excluding hydrogens is 813 g/mol. The molecule has 0 saturated heterocycles. The first-order valence-electron chi connectivity index (χ1n) is 22.5. The van der Waals surface area contributed by atoms with Crippen LogP contribution in [-0.2, 0) is 35.8 Å². The number of hydrogen-bond donors (Lipinski definition) is 0. The van der Waals surface area contributed by atoms with Crippen molar-refractivity contribution in [2.24, 2.45) is 17.8 Å².